The maximum atomic E-state index is 13.1. The van der Waals surface area contributed by atoms with Crippen molar-refractivity contribution in [3.05, 3.63) is 24.8 Å². The Morgan fingerprint density at radius 2 is 2.09 bits per heavy atom. The maximum absolute atomic E-state index is 13.1. The first-order chi connectivity index (χ1) is 11.0. The van der Waals surface area contributed by atoms with Crippen LogP contribution in [0.2, 0.25) is 0 Å². The largest absolute Gasteiger partial charge is 0.368 e. The number of hydrogen-bond acceptors (Lipinski definition) is 5. The second kappa shape index (κ2) is 5.52. The molecule has 4 aliphatic rings. The number of Topliss-reactive ketones (excluding diaryl/α,β-unsaturated/α-hetero) is 1. The number of ketones is 1. The minimum atomic E-state index is -0.704. The van der Waals surface area contributed by atoms with Crippen LogP contribution in [0.5, 0.6) is 0 Å². The Labute approximate surface area is 136 Å². The highest BCUT2D eigenvalue weighted by atomic mass is 16.8. The van der Waals surface area contributed by atoms with Crippen molar-refractivity contribution in [2.75, 3.05) is 6.61 Å². The average Bonchev–Trinajstić information content (AvgIpc) is 3.13. The minimum Gasteiger partial charge on any atom is -0.368 e. The Hall–Kier alpha value is -1.01. The van der Waals surface area contributed by atoms with Crippen molar-refractivity contribution in [2.24, 2.45) is 17.8 Å². The highest BCUT2D eigenvalue weighted by Gasteiger charge is 2.58. The molecule has 0 bridgehead atoms. The summed E-state index contributed by atoms with van der Waals surface area (Å²) in [6.07, 6.45) is 6.05. The van der Waals surface area contributed by atoms with Crippen LogP contribution in [-0.4, -0.2) is 42.8 Å². The topological polar surface area (TPSA) is 54.0 Å². The van der Waals surface area contributed by atoms with E-state index in [1.807, 2.05) is 26.0 Å². The van der Waals surface area contributed by atoms with Crippen molar-refractivity contribution in [3.63, 3.8) is 0 Å². The van der Waals surface area contributed by atoms with Gasteiger partial charge in [-0.3, -0.25) is 4.79 Å². The normalized spacial score (nSPS) is 49.5. The Kier molecular flexibility index (Phi) is 3.72. The van der Waals surface area contributed by atoms with E-state index < -0.39 is 24.3 Å². The van der Waals surface area contributed by atoms with Crippen molar-refractivity contribution in [1.29, 1.82) is 0 Å². The van der Waals surface area contributed by atoms with E-state index in [0.29, 0.717) is 12.5 Å². The van der Waals surface area contributed by atoms with Crippen molar-refractivity contribution >= 4 is 5.78 Å². The summed E-state index contributed by atoms with van der Waals surface area (Å²) in [7, 11) is 0. The molecule has 3 heterocycles. The number of carbonyl (C=O) groups is 1. The average molecular weight is 320 g/mol. The van der Waals surface area contributed by atoms with Gasteiger partial charge in [-0.2, -0.15) is 0 Å². The molecule has 3 aliphatic heterocycles. The van der Waals surface area contributed by atoms with E-state index in [4.69, 9.17) is 18.9 Å². The van der Waals surface area contributed by atoms with Crippen molar-refractivity contribution in [2.45, 2.75) is 57.1 Å². The van der Waals surface area contributed by atoms with Gasteiger partial charge < -0.3 is 18.9 Å². The molecular weight excluding hydrogens is 296 g/mol. The molecule has 0 spiro atoms. The van der Waals surface area contributed by atoms with Crippen LogP contribution in [0.15, 0.2) is 24.8 Å². The lowest BCUT2D eigenvalue weighted by molar-refractivity contribution is -0.217. The third-order valence-electron chi connectivity index (χ3n) is 5.39. The molecule has 1 aliphatic carbocycles. The fourth-order valence-corrected chi connectivity index (χ4v) is 4.34. The van der Waals surface area contributed by atoms with Crippen LogP contribution in [0.25, 0.3) is 0 Å². The van der Waals surface area contributed by atoms with Crippen molar-refractivity contribution in [3.8, 4) is 0 Å². The molecule has 5 heteroatoms. The number of allylic oxidation sites excluding steroid dienone is 2. The molecule has 3 fully saturated rings. The van der Waals surface area contributed by atoms with Crippen LogP contribution in [0.1, 0.15) is 26.7 Å². The van der Waals surface area contributed by atoms with Gasteiger partial charge in [0.1, 0.15) is 18.3 Å². The molecule has 0 aromatic heterocycles. The van der Waals surface area contributed by atoms with Crippen LogP contribution in [0.4, 0.5) is 0 Å². The molecule has 0 radical (unpaired) electrons. The highest BCUT2D eigenvalue weighted by molar-refractivity contribution is 5.87. The van der Waals surface area contributed by atoms with Gasteiger partial charge >= 0.3 is 0 Å². The van der Waals surface area contributed by atoms with Gasteiger partial charge in [0.25, 0.3) is 0 Å². The molecule has 0 aromatic rings. The Morgan fingerprint density at radius 3 is 2.87 bits per heavy atom. The lowest BCUT2D eigenvalue weighted by atomic mass is 9.87. The van der Waals surface area contributed by atoms with Crippen LogP contribution >= 0.6 is 0 Å². The Bertz CT molecular complexity index is 540. The van der Waals surface area contributed by atoms with Gasteiger partial charge in [0.2, 0.25) is 0 Å². The fraction of sp³-hybridized carbons (Fsp3) is 0.722. The van der Waals surface area contributed by atoms with Crippen molar-refractivity contribution in [1.82, 2.24) is 0 Å². The smallest absolute Gasteiger partial charge is 0.190 e. The summed E-state index contributed by atoms with van der Waals surface area (Å²) in [5, 5.41) is 0. The van der Waals surface area contributed by atoms with E-state index >= 15 is 0 Å². The Balaban J connectivity index is 1.59. The van der Waals surface area contributed by atoms with Gasteiger partial charge in [0, 0.05) is 5.92 Å². The number of rotatable bonds is 1. The summed E-state index contributed by atoms with van der Waals surface area (Å²) >= 11 is 0. The van der Waals surface area contributed by atoms with Crippen LogP contribution in [0, 0.1) is 17.8 Å². The molecule has 23 heavy (non-hydrogen) atoms. The van der Waals surface area contributed by atoms with E-state index in [9.17, 15) is 4.79 Å². The molecule has 4 rings (SSSR count). The standard InChI is InChI=1S/C18H24O5/c1-4-10-8-11-6-5-7-20-15-14(13(19)12(11)9-10)21-17-16(15)22-18(2,3)23-17/h4-6,10-12,14-17H,1,7-9H2,2-3H3/b6-5-/t10-,11+,12-,14-,15+,16-,17-/m1/s1. The lowest BCUT2D eigenvalue weighted by Crippen LogP contribution is -2.43. The van der Waals surface area contributed by atoms with E-state index in [-0.39, 0.29) is 23.7 Å². The number of hydrogen-bond donors (Lipinski definition) is 0. The molecule has 7 atom stereocenters. The molecule has 0 aromatic carbocycles. The SMILES string of the molecule is C=C[C@@H]1C[C@@H]2/C=C\CO[C@@H]3[C@H]4OC(C)(C)O[C@H]4O[C@@H]3C(=O)[C@@H]2C1. The molecular formula is C18H24O5. The molecule has 0 N–H and O–H groups in total. The van der Waals surface area contributed by atoms with Gasteiger partial charge in [0.15, 0.2) is 17.9 Å². The van der Waals surface area contributed by atoms with E-state index in [1.165, 1.54) is 0 Å². The van der Waals surface area contributed by atoms with Gasteiger partial charge in [-0.25, -0.2) is 0 Å². The molecule has 2 saturated heterocycles. The first-order valence-corrected chi connectivity index (χ1v) is 8.44. The van der Waals surface area contributed by atoms with Crippen LogP contribution < -0.4 is 0 Å². The monoisotopic (exact) mass is 320 g/mol. The lowest BCUT2D eigenvalue weighted by Gasteiger charge is -2.26. The predicted octanol–water partition coefficient (Wildman–Crippen LogP) is 2.22. The van der Waals surface area contributed by atoms with E-state index in [0.717, 1.165) is 12.8 Å². The summed E-state index contributed by atoms with van der Waals surface area (Å²) in [5.74, 6) is 0.0237. The number of carbonyl (C=O) groups excluding carboxylic acids is 1. The van der Waals surface area contributed by atoms with Gasteiger partial charge in [-0.15, -0.1) is 6.58 Å². The molecule has 126 valence electrons. The predicted molar refractivity (Wildman–Crippen MR) is 82.5 cm³/mol. The molecule has 5 nitrogen and oxygen atoms in total. The van der Waals surface area contributed by atoms with E-state index in [2.05, 4.69) is 12.7 Å². The number of fused-ring (bicyclic) bond motifs is 4. The summed E-state index contributed by atoms with van der Waals surface area (Å²) in [4.78, 5) is 13.1. The summed E-state index contributed by atoms with van der Waals surface area (Å²) in [6.45, 7) is 8.05. The zero-order valence-corrected chi connectivity index (χ0v) is 13.6. The molecule has 0 amide bonds. The second-order valence-electron chi connectivity index (χ2n) is 7.39. The first-order valence-electron chi connectivity index (χ1n) is 8.44. The van der Waals surface area contributed by atoms with Gasteiger partial charge in [-0.1, -0.05) is 18.2 Å². The summed E-state index contributed by atoms with van der Waals surface area (Å²) in [5.41, 5.74) is 0. The quantitative estimate of drug-likeness (QED) is 0.693. The van der Waals surface area contributed by atoms with Gasteiger partial charge in [0.05, 0.1) is 6.61 Å². The minimum absolute atomic E-state index is 0.0321. The molecule has 1 saturated carbocycles. The van der Waals surface area contributed by atoms with Gasteiger partial charge in [-0.05, 0) is 38.5 Å². The van der Waals surface area contributed by atoms with E-state index in [1.54, 1.807) is 0 Å². The maximum Gasteiger partial charge on any atom is 0.190 e. The zero-order valence-electron chi connectivity index (χ0n) is 13.6. The first kappa shape index (κ1) is 15.5. The zero-order chi connectivity index (χ0) is 16.2. The summed E-state index contributed by atoms with van der Waals surface area (Å²) in [6, 6.07) is 0. The van der Waals surface area contributed by atoms with Crippen molar-refractivity contribution < 1.29 is 23.7 Å². The highest BCUT2D eigenvalue weighted by Crippen LogP contribution is 2.44. The number of ether oxygens (including phenoxy) is 4. The van der Waals surface area contributed by atoms with Crippen LogP contribution in [0.3, 0.4) is 0 Å². The second-order valence-corrected chi connectivity index (χ2v) is 7.39. The molecule has 0 unspecified atom stereocenters. The van der Waals surface area contributed by atoms with Crippen LogP contribution in [-0.2, 0) is 23.7 Å². The third kappa shape index (κ3) is 2.60. The third-order valence-corrected chi connectivity index (χ3v) is 5.39. The Morgan fingerprint density at radius 1 is 1.26 bits per heavy atom. The summed E-state index contributed by atoms with van der Waals surface area (Å²) < 4.78 is 23.5. The fourth-order valence-electron chi connectivity index (χ4n) is 4.34.